The minimum absolute atomic E-state index is 0.955. The molecule has 8 bridgehead atoms. The summed E-state index contributed by atoms with van der Waals surface area (Å²) in [5.74, 6) is 0. The van der Waals surface area contributed by atoms with E-state index in [2.05, 4.69) is 132 Å². The van der Waals surface area contributed by atoms with Gasteiger partial charge in [-0.15, -0.1) is 0 Å². The molecule has 0 saturated heterocycles. The van der Waals surface area contributed by atoms with Crippen molar-refractivity contribution in [2.45, 2.75) is 39.0 Å². The van der Waals surface area contributed by atoms with Crippen molar-refractivity contribution in [2.24, 2.45) is 0 Å². The predicted molar refractivity (Wildman–Crippen MR) is 193 cm³/mol. The molecule has 0 spiro atoms. The van der Waals surface area contributed by atoms with E-state index in [0.717, 1.165) is 68.8 Å². The van der Waals surface area contributed by atoms with Gasteiger partial charge in [-0.1, -0.05) is 123 Å². The first kappa shape index (κ1) is 26.9. The van der Waals surface area contributed by atoms with Gasteiger partial charge in [0.2, 0.25) is 0 Å². The van der Waals surface area contributed by atoms with Gasteiger partial charge in [-0.3, -0.25) is 0 Å². The van der Waals surface area contributed by atoms with Crippen molar-refractivity contribution < 1.29 is 0 Å². The normalized spacial score (nSPS) is 12.0. The summed E-state index contributed by atoms with van der Waals surface area (Å²) < 4.78 is 0. The van der Waals surface area contributed by atoms with Crippen molar-refractivity contribution in [3.63, 3.8) is 0 Å². The van der Waals surface area contributed by atoms with Crippen LogP contribution in [0.4, 0.5) is 0 Å². The van der Waals surface area contributed by atoms with Crippen LogP contribution in [0.15, 0.2) is 115 Å². The number of fused-ring (bicyclic) bond motifs is 20. The lowest BCUT2D eigenvalue weighted by Gasteiger charge is -2.07. The number of nitrogens with zero attached hydrogens (tertiary/aromatic N) is 2. The molecule has 46 heavy (non-hydrogen) atoms. The van der Waals surface area contributed by atoms with Gasteiger partial charge >= 0.3 is 0 Å². The maximum atomic E-state index is 5.47. The molecule has 2 aliphatic rings. The van der Waals surface area contributed by atoms with Crippen molar-refractivity contribution in [3.8, 4) is 45.0 Å². The number of benzene rings is 4. The molecule has 0 saturated carbocycles. The molecule has 222 valence electrons. The highest BCUT2D eigenvalue weighted by Gasteiger charge is 2.22. The lowest BCUT2D eigenvalue weighted by molar-refractivity contribution is 0.668. The summed E-state index contributed by atoms with van der Waals surface area (Å²) in [7, 11) is 0. The fourth-order valence-corrected chi connectivity index (χ4v) is 7.41. The SMILES string of the molecule is CCCCCCc1c2nc(cc3[nH]c(cc4nc(cc5[nH]c1c1ccccc51)-c1ccccc1-4)c1ccccc31)-c1ccccc1-2. The Balaban J connectivity index is 1.48. The monoisotopic (exact) mass is 594 g/mol. The standard InChI is InChI=1S/C42H34N4/c1-2-3-4-5-22-34-41-32-20-12-10-18-30(32)39(45-41)24-37-28-16-8-6-14-26(28)35(43-37)23-36-27-15-7-9-17-29(27)38(44-36)25-40-31-19-11-13-21-33(31)42(34)46-40/h6-21,23-25,43,46H,2-5,22H2,1H3. The fourth-order valence-electron chi connectivity index (χ4n) is 7.41. The maximum absolute atomic E-state index is 5.47. The van der Waals surface area contributed by atoms with E-state index in [9.17, 15) is 0 Å². The first-order valence-corrected chi connectivity index (χ1v) is 16.5. The van der Waals surface area contributed by atoms with Crippen LogP contribution in [0.3, 0.4) is 0 Å². The minimum atomic E-state index is 0.955. The van der Waals surface area contributed by atoms with Crippen molar-refractivity contribution in [3.05, 3.63) is 121 Å². The van der Waals surface area contributed by atoms with E-state index in [1.807, 2.05) is 0 Å². The smallest absolute Gasteiger partial charge is 0.0769 e. The summed E-state index contributed by atoms with van der Waals surface area (Å²) in [6.07, 6.45) is 5.73. The van der Waals surface area contributed by atoms with Crippen LogP contribution in [0.2, 0.25) is 0 Å². The Morgan fingerprint density at radius 2 is 0.957 bits per heavy atom. The molecule has 0 fully saturated rings. The van der Waals surface area contributed by atoms with E-state index in [1.54, 1.807) is 0 Å². The third kappa shape index (κ3) is 4.28. The Bertz CT molecular complexity index is 2480. The second-order valence-corrected chi connectivity index (χ2v) is 12.5. The van der Waals surface area contributed by atoms with Crippen molar-refractivity contribution >= 4 is 43.6 Å². The van der Waals surface area contributed by atoms with Crippen LogP contribution in [0.25, 0.3) is 88.6 Å². The Morgan fingerprint density at radius 3 is 1.57 bits per heavy atom. The molecule has 4 heteroatoms. The van der Waals surface area contributed by atoms with Crippen molar-refractivity contribution in [2.75, 3.05) is 0 Å². The summed E-state index contributed by atoms with van der Waals surface area (Å²) in [5, 5.41) is 4.78. The Morgan fingerprint density at radius 1 is 0.478 bits per heavy atom. The molecule has 0 aliphatic carbocycles. The molecule has 2 aliphatic heterocycles. The van der Waals surface area contributed by atoms with Gasteiger partial charge in [0.05, 0.1) is 28.3 Å². The van der Waals surface area contributed by atoms with E-state index in [0.29, 0.717) is 0 Å². The highest BCUT2D eigenvalue weighted by atomic mass is 14.8. The molecular formula is C42H34N4. The molecule has 0 atom stereocenters. The number of hydrogen-bond acceptors (Lipinski definition) is 2. The van der Waals surface area contributed by atoms with Crippen LogP contribution < -0.4 is 0 Å². The van der Waals surface area contributed by atoms with Gasteiger partial charge in [0.15, 0.2) is 0 Å². The van der Waals surface area contributed by atoms with Gasteiger partial charge in [-0.05, 0) is 31.0 Å². The van der Waals surface area contributed by atoms with Gasteiger partial charge in [-0.2, -0.15) is 0 Å². The number of aromatic amines is 2. The van der Waals surface area contributed by atoms with Crippen LogP contribution in [0.5, 0.6) is 0 Å². The van der Waals surface area contributed by atoms with E-state index < -0.39 is 0 Å². The number of nitrogens with one attached hydrogen (secondary N) is 2. The largest absolute Gasteiger partial charge is 0.354 e. The maximum Gasteiger partial charge on any atom is 0.0769 e. The quantitative estimate of drug-likeness (QED) is 0.195. The average molecular weight is 595 g/mol. The predicted octanol–water partition coefficient (Wildman–Crippen LogP) is 11.4. The van der Waals surface area contributed by atoms with Crippen LogP contribution in [0, 0.1) is 0 Å². The highest BCUT2D eigenvalue weighted by Crippen LogP contribution is 2.42. The summed E-state index contributed by atoms with van der Waals surface area (Å²) >= 11 is 0. The summed E-state index contributed by atoms with van der Waals surface area (Å²) in [6.45, 7) is 2.27. The molecular weight excluding hydrogens is 560 g/mol. The van der Waals surface area contributed by atoms with Crippen LogP contribution in [-0.4, -0.2) is 19.9 Å². The first-order valence-electron chi connectivity index (χ1n) is 16.5. The van der Waals surface area contributed by atoms with Gasteiger partial charge < -0.3 is 9.97 Å². The molecule has 7 aromatic rings. The summed E-state index contributed by atoms with van der Waals surface area (Å²) in [4.78, 5) is 18.4. The van der Waals surface area contributed by atoms with Crippen LogP contribution in [0.1, 0.15) is 38.2 Å². The third-order valence-electron chi connectivity index (χ3n) is 9.64. The highest BCUT2D eigenvalue weighted by molar-refractivity contribution is 6.11. The number of H-pyrrole nitrogens is 2. The van der Waals surface area contributed by atoms with Gasteiger partial charge in [0.25, 0.3) is 0 Å². The molecule has 2 N–H and O–H groups in total. The van der Waals surface area contributed by atoms with E-state index >= 15 is 0 Å². The Labute approximate surface area is 267 Å². The zero-order chi connectivity index (χ0) is 30.6. The second kappa shape index (κ2) is 10.8. The number of rotatable bonds is 5. The number of aromatic nitrogens is 4. The molecule has 5 heterocycles. The molecule has 4 nitrogen and oxygen atoms in total. The number of aryl methyl sites for hydroxylation is 1. The lowest BCUT2D eigenvalue weighted by Crippen LogP contribution is -1.92. The van der Waals surface area contributed by atoms with E-state index in [1.165, 1.54) is 57.5 Å². The summed E-state index contributed by atoms with van der Waals surface area (Å²) in [6, 6.07) is 41.3. The molecule has 4 aromatic carbocycles. The van der Waals surface area contributed by atoms with Crippen molar-refractivity contribution in [1.29, 1.82) is 0 Å². The second-order valence-electron chi connectivity index (χ2n) is 12.5. The number of unbranched alkanes of at least 4 members (excludes halogenated alkanes) is 3. The number of hydrogen-bond donors (Lipinski definition) is 2. The van der Waals surface area contributed by atoms with Crippen LogP contribution in [-0.2, 0) is 6.42 Å². The Kier molecular flexibility index (Phi) is 6.34. The van der Waals surface area contributed by atoms with Gasteiger partial charge in [0.1, 0.15) is 0 Å². The molecule has 0 unspecified atom stereocenters. The lowest BCUT2D eigenvalue weighted by atomic mass is 9.97. The third-order valence-corrected chi connectivity index (χ3v) is 9.64. The van der Waals surface area contributed by atoms with Gasteiger partial charge in [-0.25, -0.2) is 9.97 Å². The zero-order valence-corrected chi connectivity index (χ0v) is 25.9. The molecule has 0 amide bonds. The average Bonchev–Trinajstić information content (AvgIpc) is 3.84. The molecule has 9 rings (SSSR count). The summed E-state index contributed by atoms with van der Waals surface area (Å²) in [5.41, 5.74) is 14.3. The van der Waals surface area contributed by atoms with E-state index in [4.69, 9.17) is 9.97 Å². The minimum Gasteiger partial charge on any atom is -0.354 e. The van der Waals surface area contributed by atoms with Crippen LogP contribution >= 0.6 is 0 Å². The van der Waals surface area contributed by atoms with Gasteiger partial charge in [0, 0.05) is 65.9 Å². The molecule has 0 radical (unpaired) electrons. The van der Waals surface area contributed by atoms with E-state index in [-0.39, 0.29) is 0 Å². The van der Waals surface area contributed by atoms with Crippen molar-refractivity contribution in [1.82, 2.24) is 19.9 Å². The Hall–Kier alpha value is -5.48. The molecule has 3 aromatic heterocycles. The first-order chi connectivity index (χ1) is 22.8. The zero-order valence-electron chi connectivity index (χ0n) is 25.9. The fraction of sp³-hybridized carbons (Fsp3) is 0.143. The topological polar surface area (TPSA) is 57.4 Å².